The summed E-state index contributed by atoms with van der Waals surface area (Å²) < 4.78 is 29.0. The number of hydrogen-bond acceptors (Lipinski definition) is 4. The first-order valence-corrected chi connectivity index (χ1v) is 8.57. The molecular weight excluding hydrogens is 358 g/mol. The summed E-state index contributed by atoms with van der Waals surface area (Å²) in [4.78, 5) is 29.0. The van der Waals surface area contributed by atoms with Crippen LogP contribution in [-0.2, 0) is 0 Å². The largest absolute Gasteiger partial charge is 0.337 e. The third-order valence-electron chi connectivity index (χ3n) is 5.34. The summed E-state index contributed by atoms with van der Waals surface area (Å²) in [6, 6.07) is 3.34. The van der Waals surface area contributed by atoms with Crippen LogP contribution in [0.3, 0.4) is 0 Å². The minimum atomic E-state index is -2.59. The second-order valence-electron chi connectivity index (χ2n) is 7.56. The second-order valence-corrected chi connectivity index (χ2v) is 7.56. The number of likely N-dealkylation sites (tertiary alicyclic amines) is 1. The Balaban J connectivity index is 1.40. The molecule has 1 saturated heterocycles. The lowest BCUT2D eigenvalue weighted by Crippen LogP contribution is -2.66. The normalized spacial score (nSPS) is 19.9. The maximum atomic E-state index is 13.1. The van der Waals surface area contributed by atoms with E-state index in [-0.39, 0.29) is 30.3 Å². The van der Waals surface area contributed by atoms with Crippen molar-refractivity contribution in [2.75, 3.05) is 13.1 Å². The molecule has 4 heterocycles. The van der Waals surface area contributed by atoms with Crippen LogP contribution < -0.4 is 5.56 Å². The first-order chi connectivity index (χ1) is 12.8. The topological polar surface area (TPSA) is 88.3 Å². The molecule has 0 unspecified atom stereocenters. The summed E-state index contributed by atoms with van der Waals surface area (Å²) in [5.74, 6) is -2.65. The monoisotopic (exact) mass is 374 g/mol. The van der Waals surface area contributed by atoms with Crippen LogP contribution in [-0.4, -0.2) is 54.2 Å². The van der Waals surface area contributed by atoms with Crippen LogP contribution >= 0.6 is 0 Å². The molecule has 0 radical (unpaired) electrons. The highest BCUT2D eigenvalue weighted by molar-refractivity contribution is 5.95. The molecule has 1 N–H and O–H groups in total. The SMILES string of the molecule is Cc1nn(-c2nn3cccc3c(=O)[nH]2)cc1C(=O)N1CC2(C1)CC(F)(F)C2. The summed E-state index contributed by atoms with van der Waals surface area (Å²) >= 11 is 0. The van der Waals surface area contributed by atoms with Crippen LogP contribution in [0, 0.1) is 12.3 Å². The fourth-order valence-electron chi connectivity index (χ4n) is 4.16. The van der Waals surface area contributed by atoms with Crippen molar-refractivity contribution in [3.63, 3.8) is 0 Å². The lowest BCUT2D eigenvalue weighted by Gasteiger charge is -2.58. The Hall–Kier alpha value is -3.04. The summed E-state index contributed by atoms with van der Waals surface area (Å²) in [6.45, 7) is 2.37. The van der Waals surface area contributed by atoms with Crippen molar-refractivity contribution < 1.29 is 13.6 Å². The Bertz CT molecular complexity index is 1130. The van der Waals surface area contributed by atoms with Gasteiger partial charge in [0.2, 0.25) is 11.9 Å². The van der Waals surface area contributed by atoms with Crippen molar-refractivity contribution in [1.82, 2.24) is 29.3 Å². The predicted molar refractivity (Wildman–Crippen MR) is 90.2 cm³/mol. The third kappa shape index (κ3) is 2.39. The first kappa shape index (κ1) is 16.2. The smallest absolute Gasteiger partial charge is 0.276 e. The van der Waals surface area contributed by atoms with E-state index in [1.54, 1.807) is 30.2 Å². The number of hydrogen-bond donors (Lipinski definition) is 1. The van der Waals surface area contributed by atoms with Gasteiger partial charge in [0.05, 0.1) is 11.3 Å². The molecule has 1 amide bonds. The highest BCUT2D eigenvalue weighted by Gasteiger charge is 2.62. The molecule has 1 spiro atoms. The van der Waals surface area contributed by atoms with E-state index in [4.69, 9.17) is 0 Å². The van der Waals surface area contributed by atoms with E-state index in [2.05, 4.69) is 15.2 Å². The quantitative estimate of drug-likeness (QED) is 0.734. The highest BCUT2D eigenvalue weighted by atomic mass is 19.3. The molecular formula is C17H16F2N6O2. The minimum Gasteiger partial charge on any atom is -0.337 e. The summed E-state index contributed by atoms with van der Waals surface area (Å²) in [5.41, 5.74) is 0.514. The van der Waals surface area contributed by atoms with E-state index >= 15 is 0 Å². The Kier molecular flexibility index (Phi) is 3.00. The highest BCUT2D eigenvalue weighted by Crippen LogP contribution is 2.56. The molecule has 27 heavy (non-hydrogen) atoms. The first-order valence-electron chi connectivity index (χ1n) is 8.57. The van der Waals surface area contributed by atoms with E-state index in [0.29, 0.717) is 29.9 Å². The zero-order valence-corrected chi connectivity index (χ0v) is 14.4. The average Bonchev–Trinajstić information content (AvgIpc) is 3.15. The average molecular weight is 374 g/mol. The van der Waals surface area contributed by atoms with Gasteiger partial charge in [0.25, 0.3) is 11.5 Å². The zero-order valence-electron chi connectivity index (χ0n) is 14.4. The third-order valence-corrected chi connectivity index (χ3v) is 5.34. The number of nitrogens with zero attached hydrogens (tertiary/aromatic N) is 5. The molecule has 8 nitrogen and oxygen atoms in total. The number of nitrogens with one attached hydrogen (secondary N) is 1. The van der Waals surface area contributed by atoms with Gasteiger partial charge < -0.3 is 4.90 Å². The number of rotatable bonds is 2. The van der Waals surface area contributed by atoms with Crippen LogP contribution in [0.5, 0.6) is 0 Å². The van der Waals surface area contributed by atoms with Gasteiger partial charge in [-0.3, -0.25) is 14.6 Å². The minimum absolute atomic E-state index is 0.149. The number of halogens is 2. The molecule has 2 aliphatic rings. The number of amides is 1. The Labute approximate surface area is 151 Å². The lowest BCUT2D eigenvalue weighted by atomic mass is 9.61. The number of carbonyl (C=O) groups is 1. The van der Waals surface area contributed by atoms with Crippen molar-refractivity contribution in [3.8, 4) is 5.95 Å². The lowest BCUT2D eigenvalue weighted by molar-refractivity contribution is -0.203. The van der Waals surface area contributed by atoms with Gasteiger partial charge in [-0.1, -0.05) is 0 Å². The van der Waals surface area contributed by atoms with Crippen LogP contribution in [0.15, 0.2) is 29.3 Å². The fraction of sp³-hybridized carbons (Fsp3) is 0.412. The van der Waals surface area contributed by atoms with Crippen LogP contribution in [0.1, 0.15) is 28.9 Å². The molecule has 5 rings (SSSR count). The molecule has 3 aromatic rings. The molecule has 1 saturated carbocycles. The van der Waals surface area contributed by atoms with Gasteiger partial charge in [0.1, 0.15) is 5.52 Å². The number of fused-ring (bicyclic) bond motifs is 1. The maximum absolute atomic E-state index is 13.1. The molecule has 0 bridgehead atoms. The number of alkyl halides is 2. The Morgan fingerprint density at radius 3 is 2.70 bits per heavy atom. The molecule has 10 heteroatoms. The van der Waals surface area contributed by atoms with Gasteiger partial charge in [-0.2, -0.15) is 5.10 Å². The van der Waals surface area contributed by atoms with Crippen molar-refractivity contribution in [1.29, 1.82) is 0 Å². The van der Waals surface area contributed by atoms with Gasteiger partial charge in [-0.15, -0.1) is 5.10 Å². The standard InChI is InChI=1S/C17H16F2N6O2/c1-10-11(14(27)23-8-16(9-23)6-17(18,19)7-16)5-25(21-10)15-20-13(26)12-3-2-4-24(12)22-15/h2-5H,6-9H2,1H3,(H,20,22,26). The Morgan fingerprint density at radius 1 is 1.26 bits per heavy atom. The van der Waals surface area contributed by atoms with Crippen LogP contribution in [0.2, 0.25) is 0 Å². The summed E-state index contributed by atoms with van der Waals surface area (Å²) in [7, 11) is 0. The molecule has 0 aromatic carbocycles. The van der Waals surface area contributed by atoms with Gasteiger partial charge >= 0.3 is 0 Å². The molecule has 2 fully saturated rings. The van der Waals surface area contributed by atoms with Crippen molar-refractivity contribution in [2.45, 2.75) is 25.7 Å². The number of carbonyl (C=O) groups excluding carboxylic acids is 1. The van der Waals surface area contributed by atoms with Crippen molar-refractivity contribution in [2.24, 2.45) is 5.41 Å². The Morgan fingerprint density at radius 2 is 2.00 bits per heavy atom. The van der Waals surface area contributed by atoms with Gasteiger partial charge in [0.15, 0.2) is 0 Å². The zero-order chi connectivity index (χ0) is 19.0. The van der Waals surface area contributed by atoms with E-state index in [1.165, 1.54) is 15.4 Å². The van der Waals surface area contributed by atoms with E-state index in [9.17, 15) is 18.4 Å². The number of aromatic nitrogens is 5. The maximum Gasteiger partial charge on any atom is 0.276 e. The second kappa shape index (κ2) is 5.02. The van der Waals surface area contributed by atoms with E-state index < -0.39 is 11.3 Å². The predicted octanol–water partition coefficient (Wildman–Crippen LogP) is 1.39. The van der Waals surface area contributed by atoms with Crippen LogP contribution in [0.4, 0.5) is 8.78 Å². The number of aryl methyl sites for hydroxylation is 1. The van der Waals surface area contributed by atoms with Crippen molar-refractivity contribution >= 4 is 11.4 Å². The molecule has 0 atom stereocenters. The number of H-pyrrole nitrogens is 1. The fourth-order valence-corrected chi connectivity index (χ4v) is 4.16. The molecule has 1 aliphatic heterocycles. The van der Waals surface area contributed by atoms with E-state index in [1.807, 2.05) is 0 Å². The summed E-state index contributed by atoms with van der Waals surface area (Å²) in [6.07, 6.45) is 2.85. The summed E-state index contributed by atoms with van der Waals surface area (Å²) in [5, 5.41) is 8.55. The van der Waals surface area contributed by atoms with Crippen molar-refractivity contribution in [3.05, 3.63) is 46.1 Å². The van der Waals surface area contributed by atoms with E-state index in [0.717, 1.165) is 0 Å². The van der Waals surface area contributed by atoms with Crippen LogP contribution in [0.25, 0.3) is 11.5 Å². The van der Waals surface area contributed by atoms with Gasteiger partial charge in [-0.25, -0.2) is 18.0 Å². The van der Waals surface area contributed by atoms with Gasteiger partial charge in [0, 0.05) is 43.7 Å². The molecule has 3 aromatic heterocycles. The van der Waals surface area contributed by atoms with Gasteiger partial charge in [-0.05, 0) is 19.1 Å². The number of aromatic amines is 1. The molecule has 1 aliphatic carbocycles. The molecule has 140 valence electrons.